The van der Waals surface area contributed by atoms with E-state index in [1.54, 1.807) is 24.3 Å². The van der Waals surface area contributed by atoms with Crippen molar-refractivity contribution in [1.29, 1.82) is 0 Å². The van der Waals surface area contributed by atoms with Gasteiger partial charge in [0.15, 0.2) is 6.73 Å². The molecular formula is C31H35Cl2N3O4. The van der Waals surface area contributed by atoms with Crippen LogP contribution in [0.5, 0.6) is 5.75 Å². The molecule has 0 aromatic heterocycles. The van der Waals surface area contributed by atoms with Crippen molar-refractivity contribution in [3.05, 3.63) is 87.9 Å². The highest BCUT2D eigenvalue weighted by atomic mass is 35.5. The minimum Gasteiger partial charge on any atom is -0.494 e. The molecule has 1 heterocycles. The number of hydrogen-bond donors (Lipinski definition) is 0. The summed E-state index contributed by atoms with van der Waals surface area (Å²) in [7, 11) is 0. The standard InChI is InChI=1S/C31H35Cl2N3O4/c1-23-13-14-26(21-29(23)36(24(2)37)22-40-31(38)25-9-4-3-5-10-25)39-20-7-6-15-34-16-18-35(19-17-34)28-12-8-11-27(32)30(28)33/h3-5,8-14,21H,6-7,15-20,22H2,1-2H3. The Kier molecular flexibility index (Phi) is 10.7. The second kappa shape index (κ2) is 14.4. The molecule has 0 N–H and O–H groups in total. The van der Waals surface area contributed by atoms with Gasteiger partial charge in [-0.1, -0.05) is 53.5 Å². The zero-order valence-electron chi connectivity index (χ0n) is 22.9. The fourth-order valence-corrected chi connectivity index (χ4v) is 5.07. The van der Waals surface area contributed by atoms with Gasteiger partial charge in [-0.25, -0.2) is 4.79 Å². The molecule has 3 aromatic rings. The lowest BCUT2D eigenvalue weighted by atomic mass is 10.1. The molecule has 0 saturated carbocycles. The second-order valence-corrected chi connectivity index (χ2v) is 10.6. The molecule has 1 saturated heterocycles. The van der Waals surface area contributed by atoms with Crippen molar-refractivity contribution in [2.75, 3.05) is 55.9 Å². The molecule has 9 heteroatoms. The molecule has 0 atom stereocenters. The zero-order valence-corrected chi connectivity index (χ0v) is 24.5. The van der Waals surface area contributed by atoms with Crippen LogP contribution in [-0.4, -0.2) is 62.8 Å². The van der Waals surface area contributed by atoms with Gasteiger partial charge in [-0.2, -0.15) is 0 Å². The van der Waals surface area contributed by atoms with E-state index < -0.39 is 5.97 Å². The summed E-state index contributed by atoms with van der Waals surface area (Å²) in [5.74, 6) is -0.0290. The Balaban J connectivity index is 1.22. The fraction of sp³-hybridized carbons (Fsp3) is 0.355. The van der Waals surface area contributed by atoms with Crippen LogP contribution in [0.3, 0.4) is 0 Å². The van der Waals surface area contributed by atoms with Crippen LogP contribution in [0, 0.1) is 6.92 Å². The minimum atomic E-state index is -0.480. The average Bonchev–Trinajstić information content (AvgIpc) is 2.96. The Morgan fingerprint density at radius 2 is 1.68 bits per heavy atom. The first kappa shape index (κ1) is 29.7. The summed E-state index contributed by atoms with van der Waals surface area (Å²) in [4.78, 5) is 31.0. The molecule has 4 rings (SSSR count). The molecule has 1 amide bonds. The van der Waals surface area contributed by atoms with E-state index in [9.17, 15) is 9.59 Å². The number of unbranched alkanes of at least 4 members (excludes halogenated alkanes) is 1. The second-order valence-electron chi connectivity index (χ2n) is 9.78. The Labute approximate surface area is 246 Å². The number of anilines is 2. The number of ether oxygens (including phenoxy) is 2. The van der Waals surface area contributed by atoms with E-state index in [0.29, 0.717) is 33.7 Å². The molecular weight excluding hydrogens is 549 g/mol. The Morgan fingerprint density at radius 3 is 2.40 bits per heavy atom. The number of amides is 1. The van der Waals surface area contributed by atoms with E-state index in [4.69, 9.17) is 32.7 Å². The Hall–Kier alpha value is -3.26. The summed E-state index contributed by atoms with van der Waals surface area (Å²) >= 11 is 12.6. The lowest BCUT2D eigenvalue weighted by Crippen LogP contribution is -2.46. The summed E-state index contributed by atoms with van der Waals surface area (Å²) in [6.07, 6.45) is 1.93. The van der Waals surface area contributed by atoms with Crippen LogP contribution in [0.25, 0.3) is 0 Å². The third-order valence-corrected chi connectivity index (χ3v) is 7.78. The van der Waals surface area contributed by atoms with E-state index in [2.05, 4.69) is 9.80 Å². The lowest BCUT2D eigenvalue weighted by Gasteiger charge is -2.36. The topological polar surface area (TPSA) is 62.3 Å². The molecule has 0 radical (unpaired) electrons. The van der Waals surface area contributed by atoms with Crippen molar-refractivity contribution in [3.63, 3.8) is 0 Å². The van der Waals surface area contributed by atoms with Crippen molar-refractivity contribution in [2.45, 2.75) is 26.7 Å². The number of benzene rings is 3. The number of esters is 1. The first-order chi connectivity index (χ1) is 19.3. The summed E-state index contributed by atoms with van der Waals surface area (Å²) < 4.78 is 11.4. The van der Waals surface area contributed by atoms with Crippen LogP contribution in [-0.2, 0) is 9.53 Å². The highest BCUT2D eigenvalue weighted by Crippen LogP contribution is 2.33. The van der Waals surface area contributed by atoms with Crippen molar-refractivity contribution in [1.82, 2.24) is 4.90 Å². The number of aryl methyl sites for hydroxylation is 1. The molecule has 212 valence electrons. The smallest absolute Gasteiger partial charge is 0.339 e. The van der Waals surface area contributed by atoms with E-state index in [1.165, 1.54) is 11.8 Å². The maximum atomic E-state index is 12.4. The SMILES string of the molecule is CC(=O)N(COC(=O)c1ccccc1)c1cc(OCCCCN2CCN(c3cccc(Cl)c3Cl)CC2)ccc1C. The van der Waals surface area contributed by atoms with Gasteiger partial charge >= 0.3 is 5.97 Å². The van der Waals surface area contributed by atoms with Gasteiger partial charge in [0, 0.05) is 39.2 Å². The summed E-state index contributed by atoms with van der Waals surface area (Å²) in [5.41, 5.74) is 2.98. The fourth-order valence-electron chi connectivity index (χ4n) is 4.66. The Bertz CT molecular complexity index is 1300. The molecule has 40 heavy (non-hydrogen) atoms. The van der Waals surface area contributed by atoms with E-state index in [0.717, 1.165) is 56.8 Å². The third-order valence-electron chi connectivity index (χ3n) is 6.97. The first-order valence-corrected chi connectivity index (χ1v) is 14.2. The maximum absolute atomic E-state index is 12.4. The minimum absolute atomic E-state index is 0.176. The van der Waals surface area contributed by atoms with Crippen molar-refractivity contribution >= 4 is 46.5 Å². The maximum Gasteiger partial charge on any atom is 0.339 e. The molecule has 7 nitrogen and oxygen atoms in total. The van der Waals surface area contributed by atoms with Gasteiger partial charge in [-0.05, 0) is 62.2 Å². The molecule has 1 aliphatic heterocycles. The molecule has 0 bridgehead atoms. The quantitative estimate of drug-likeness (QED) is 0.147. The normalized spacial score (nSPS) is 13.7. The number of piperazine rings is 1. The summed E-state index contributed by atoms with van der Waals surface area (Å²) in [6, 6.07) is 20.1. The highest BCUT2D eigenvalue weighted by Gasteiger charge is 2.20. The molecule has 1 fully saturated rings. The van der Waals surface area contributed by atoms with Gasteiger partial charge in [-0.15, -0.1) is 0 Å². The molecule has 1 aliphatic rings. The predicted molar refractivity (Wildman–Crippen MR) is 161 cm³/mol. The first-order valence-electron chi connectivity index (χ1n) is 13.5. The third kappa shape index (κ3) is 7.90. The average molecular weight is 585 g/mol. The number of carbonyl (C=O) groups excluding carboxylic acids is 2. The van der Waals surface area contributed by atoms with Crippen LogP contribution >= 0.6 is 23.2 Å². The van der Waals surface area contributed by atoms with Crippen LogP contribution in [0.4, 0.5) is 11.4 Å². The summed E-state index contributed by atoms with van der Waals surface area (Å²) in [6.45, 7) is 8.53. The van der Waals surface area contributed by atoms with Crippen LogP contribution < -0.4 is 14.5 Å². The van der Waals surface area contributed by atoms with Crippen molar-refractivity contribution < 1.29 is 19.1 Å². The van der Waals surface area contributed by atoms with Gasteiger partial charge in [0.1, 0.15) is 5.75 Å². The zero-order chi connectivity index (χ0) is 28.5. The number of halogens is 2. The lowest BCUT2D eigenvalue weighted by molar-refractivity contribution is -0.117. The number of rotatable bonds is 11. The highest BCUT2D eigenvalue weighted by molar-refractivity contribution is 6.43. The van der Waals surface area contributed by atoms with Crippen LogP contribution in [0.1, 0.15) is 35.7 Å². The van der Waals surface area contributed by atoms with Crippen molar-refractivity contribution in [3.8, 4) is 5.75 Å². The van der Waals surface area contributed by atoms with Gasteiger partial charge in [-0.3, -0.25) is 14.6 Å². The number of carbonyl (C=O) groups is 2. The molecule has 0 aliphatic carbocycles. The molecule has 0 spiro atoms. The predicted octanol–water partition coefficient (Wildman–Crippen LogP) is 6.45. The van der Waals surface area contributed by atoms with E-state index in [1.807, 2.05) is 49.4 Å². The van der Waals surface area contributed by atoms with Gasteiger partial charge in [0.2, 0.25) is 5.91 Å². The number of nitrogens with zero attached hydrogens (tertiary/aromatic N) is 3. The van der Waals surface area contributed by atoms with E-state index >= 15 is 0 Å². The summed E-state index contributed by atoms with van der Waals surface area (Å²) in [5, 5.41) is 1.21. The molecule has 0 unspecified atom stereocenters. The van der Waals surface area contributed by atoms with Crippen LogP contribution in [0.15, 0.2) is 66.7 Å². The van der Waals surface area contributed by atoms with Crippen LogP contribution in [0.2, 0.25) is 10.0 Å². The van der Waals surface area contributed by atoms with Gasteiger partial charge < -0.3 is 14.4 Å². The van der Waals surface area contributed by atoms with Gasteiger partial charge in [0.05, 0.1) is 33.6 Å². The monoisotopic (exact) mass is 583 g/mol. The largest absolute Gasteiger partial charge is 0.494 e. The van der Waals surface area contributed by atoms with Crippen molar-refractivity contribution in [2.24, 2.45) is 0 Å². The molecule has 3 aromatic carbocycles. The van der Waals surface area contributed by atoms with E-state index in [-0.39, 0.29) is 12.6 Å². The van der Waals surface area contributed by atoms with Gasteiger partial charge in [0.25, 0.3) is 0 Å². The number of hydrogen-bond acceptors (Lipinski definition) is 6. The Morgan fingerprint density at radius 1 is 0.925 bits per heavy atom.